The molecule has 0 aromatic heterocycles. The molecule has 16 heteroatoms. The Bertz CT molecular complexity index is 2340. The van der Waals surface area contributed by atoms with Crippen molar-refractivity contribution in [2.75, 3.05) is 6.61 Å². The number of nitrogens with one attached hydrogen (secondary N) is 1. The number of halogens is 1. The Hall–Kier alpha value is -5.45. The fourth-order valence-corrected chi connectivity index (χ4v) is 10.2. The number of ether oxygens (including phenoxy) is 5. The van der Waals surface area contributed by atoms with Gasteiger partial charge < -0.3 is 44.3 Å². The molecule has 2 saturated carbocycles. The van der Waals surface area contributed by atoms with Crippen LogP contribution in [0.4, 0.5) is 0 Å². The summed E-state index contributed by atoms with van der Waals surface area (Å²) in [5.41, 5.74) is -5.53. The fourth-order valence-electron chi connectivity index (χ4n) is 10.1. The van der Waals surface area contributed by atoms with Crippen molar-refractivity contribution in [3.05, 3.63) is 118 Å². The molecular weight excluding hydrogens is 838 g/mol. The molecule has 4 N–H and O–H groups in total. The number of amides is 1. The molecule has 1 saturated heterocycles. The van der Waals surface area contributed by atoms with Crippen molar-refractivity contribution in [3.63, 3.8) is 0 Å². The largest absolute Gasteiger partial charge is 0.456 e. The van der Waals surface area contributed by atoms with Gasteiger partial charge in [0.25, 0.3) is 5.91 Å². The number of hydrogen-bond acceptors (Lipinski definition) is 14. The summed E-state index contributed by atoms with van der Waals surface area (Å²) in [6, 6.07) is 20.5. The Balaban J connectivity index is 1.38. The zero-order valence-electron chi connectivity index (χ0n) is 35.5. The van der Waals surface area contributed by atoms with Crippen molar-refractivity contribution >= 4 is 47.2 Å². The van der Waals surface area contributed by atoms with Crippen LogP contribution in [-0.2, 0) is 42.9 Å². The average molecular weight is 888 g/mol. The second kappa shape index (κ2) is 16.9. The third-order valence-corrected chi connectivity index (χ3v) is 13.8. The maximum Gasteiger partial charge on any atom is 0.338 e. The molecule has 0 radical (unpaired) electrons. The third-order valence-electron chi connectivity index (χ3n) is 13.5. The van der Waals surface area contributed by atoms with E-state index in [0.717, 1.165) is 13.8 Å². The molecule has 334 valence electrons. The van der Waals surface area contributed by atoms with Gasteiger partial charge in [-0.2, -0.15) is 0 Å². The quantitative estimate of drug-likeness (QED) is 0.124. The van der Waals surface area contributed by atoms with Crippen LogP contribution < -0.4 is 5.32 Å². The molecule has 1 aliphatic heterocycles. The summed E-state index contributed by atoms with van der Waals surface area (Å²) in [4.78, 5) is 83.5. The summed E-state index contributed by atoms with van der Waals surface area (Å²) in [6.07, 6.45) is -9.53. The van der Waals surface area contributed by atoms with Gasteiger partial charge in [-0.15, -0.1) is 0 Å². The van der Waals surface area contributed by atoms with Gasteiger partial charge in [0.1, 0.15) is 17.8 Å². The Kier molecular flexibility index (Phi) is 12.2. The Morgan fingerprint density at radius 2 is 1.48 bits per heavy atom. The third kappa shape index (κ3) is 7.73. The number of hydrogen-bond donors (Lipinski definition) is 4. The zero-order chi connectivity index (χ0) is 45.8. The van der Waals surface area contributed by atoms with Crippen molar-refractivity contribution < 1.29 is 67.8 Å². The number of rotatable bonds is 10. The highest BCUT2D eigenvalue weighted by atomic mass is 35.5. The number of ketones is 1. The number of carbonyl (C=O) groups excluding carboxylic acids is 6. The topological polar surface area (TPSA) is 221 Å². The first-order valence-electron chi connectivity index (χ1n) is 20.6. The Morgan fingerprint density at radius 3 is 2.05 bits per heavy atom. The number of benzene rings is 3. The number of fused-ring (bicyclic) bond motifs is 5. The summed E-state index contributed by atoms with van der Waals surface area (Å²) < 4.78 is 30.4. The standard InChI is InChI=1S/C47H50ClNO14/c1-24-32(61-43(57)36(53)35(27-13-9-7-10-14-27)49-41(55)28-17-19-31(48)20-18-28)22-46(58)40(62-42(56)29-15-11-8-12-16-29)38-45(6,33(52)21-30-23-59-47(30,38)63-26(3)51)39(54)37(60-25(2)50)34(24)44(46,4)5/h7-20,30,32-33,35-38,40,52-53,58H,21-23H2,1-6H3,(H,49,55)/t30-,32-,33-,35-,36+,37+,38-,40-,45+,46+,47-/m0/s1. The molecule has 0 unspecified atom stereocenters. The second-order valence-corrected chi connectivity index (χ2v) is 17.9. The first-order chi connectivity index (χ1) is 29.7. The van der Waals surface area contributed by atoms with Gasteiger partial charge in [0, 0.05) is 36.3 Å². The smallest absolute Gasteiger partial charge is 0.338 e. The molecule has 4 aliphatic rings. The van der Waals surface area contributed by atoms with Crippen LogP contribution in [0, 0.1) is 22.7 Å². The minimum atomic E-state index is -2.43. The van der Waals surface area contributed by atoms with Crippen LogP contribution in [0.2, 0.25) is 5.02 Å². The van der Waals surface area contributed by atoms with Gasteiger partial charge in [0.05, 0.1) is 41.6 Å². The predicted octanol–water partition coefficient (Wildman–Crippen LogP) is 4.59. The zero-order valence-corrected chi connectivity index (χ0v) is 36.3. The minimum absolute atomic E-state index is 0.0230. The molecule has 3 aromatic carbocycles. The molecular formula is C47H50ClNO14. The fraction of sp³-hybridized carbons (Fsp3) is 0.447. The van der Waals surface area contributed by atoms with Crippen LogP contribution in [-0.4, -0.2) is 99.4 Å². The van der Waals surface area contributed by atoms with E-state index in [1.165, 1.54) is 50.2 Å². The van der Waals surface area contributed by atoms with E-state index in [-0.39, 0.29) is 35.3 Å². The average Bonchev–Trinajstić information content (AvgIpc) is 3.24. The molecule has 3 aliphatic carbocycles. The van der Waals surface area contributed by atoms with Crippen molar-refractivity contribution in [2.24, 2.45) is 22.7 Å². The lowest BCUT2D eigenvalue weighted by Crippen LogP contribution is -2.80. The van der Waals surface area contributed by atoms with Gasteiger partial charge in [0.15, 0.2) is 18.0 Å². The molecule has 2 bridgehead atoms. The van der Waals surface area contributed by atoms with Crippen LogP contribution in [0.5, 0.6) is 0 Å². The molecule has 7 rings (SSSR count). The van der Waals surface area contributed by atoms with Crippen LogP contribution in [0.3, 0.4) is 0 Å². The lowest BCUT2D eigenvalue weighted by molar-refractivity contribution is -0.410. The van der Waals surface area contributed by atoms with Crippen molar-refractivity contribution in [3.8, 4) is 0 Å². The lowest BCUT2D eigenvalue weighted by atomic mass is 9.45. The van der Waals surface area contributed by atoms with E-state index in [9.17, 15) is 39.3 Å². The van der Waals surface area contributed by atoms with E-state index in [2.05, 4.69) is 5.32 Å². The van der Waals surface area contributed by atoms with Gasteiger partial charge in [0.2, 0.25) is 5.79 Å². The number of carbonyl (C=O) groups is 6. The van der Waals surface area contributed by atoms with Crippen LogP contribution in [0.15, 0.2) is 96.1 Å². The van der Waals surface area contributed by atoms with E-state index in [0.29, 0.717) is 10.6 Å². The number of aliphatic hydroxyl groups is 3. The first kappa shape index (κ1) is 45.6. The molecule has 63 heavy (non-hydrogen) atoms. The van der Waals surface area contributed by atoms with E-state index in [1.807, 2.05) is 0 Å². The van der Waals surface area contributed by atoms with Gasteiger partial charge >= 0.3 is 23.9 Å². The van der Waals surface area contributed by atoms with Gasteiger partial charge in [-0.25, -0.2) is 9.59 Å². The Labute approximate surface area is 368 Å². The molecule has 1 amide bonds. The van der Waals surface area contributed by atoms with Gasteiger partial charge in [-0.3, -0.25) is 19.2 Å². The number of aliphatic hydroxyl groups excluding tert-OH is 2. The molecule has 3 aromatic rings. The molecule has 3 fully saturated rings. The van der Waals surface area contributed by atoms with Crippen molar-refractivity contribution in [1.29, 1.82) is 0 Å². The number of Topliss-reactive ketones (excluding diaryl/α,β-unsaturated/α-hetero) is 1. The normalized spacial score (nSPS) is 31.6. The van der Waals surface area contributed by atoms with Gasteiger partial charge in [-0.05, 0) is 73.4 Å². The summed E-state index contributed by atoms with van der Waals surface area (Å²) in [7, 11) is 0. The summed E-state index contributed by atoms with van der Waals surface area (Å²) in [5.74, 6) is -9.95. The van der Waals surface area contributed by atoms with E-state index in [4.69, 9.17) is 35.3 Å². The highest BCUT2D eigenvalue weighted by Gasteiger charge is 2.78. The van der Waals surface area contributed by atoms with Crippen LogP contribution in [0.25, 0.3) is 0 Å². The molecule has 1 heterocycles. The van der Waals surface area contributed by atoms with E-state index >= 15 is 4.79 Å². The molecule has 11 atom stereocenters. The first-order valence-corrected chi connectivity index (χ1v) is 21.0. The highest BCUT2D eigenvalue weighted by molar-refractivity contribution is 6.30. The van der Waals surface area contributed by atoms with E-state index in [1.54, 1.807) is 62.4 Å². The highest BCUT2D eigenvalue weighted by Crippen LogP contribution is 2.65. The molecule has 0 spiro atoms. The summed E-state index contributed by atoms with van der Waals surface area (Å²) in [6.45, 7) is 8.14. The maximum absolute atomic E-state index is 15.5. The monoisotopic (exact) mass is 887 g/mol. The van der Waals surface area contributed by atoms with Crippen LogP contribution >= 0.6 is 11.6 Å². The summed E-state index contributed by atoms with van der Waals surface area (Å²) >= 11 is 6.03. The predicted molar refractivity (Wildman–Crippen MR) is 222 cm³/mol. The Morgan fingerprint density at radius 1 is 0.857 bits per heavy atom. The van der Waals surface area contributed by atoms with Crippen molar-refractivity contribution in [1.82, 2.24) is 5.32 Å². The van der Waals surface area contributed by atoms with Gasteiger partial charge in [-0.1, -0.05) is 74.0 Å². The van der Waals surface area contributed by atoms with Crippen molar-refractivity contribution in [2.45, 2.75) is 102 Å². The minimum Gasteiger partial charge on any atom is -0.456 e. The lowest BCUT2D eigenvalue weighted by Gasteiger charge is -2.67. The maximum atomic E-state index is 15.5. The summed E-state index contributed by atoms with van der Waals surface area (Å²) in [5, 5.41) is 40.6. The van der Waals surface area contributed by atoms with Crippen LogP contribution in [0.1, 0.15) is 86.7 Å². The van der Waals surface area contributed by atoms with E-state index < -0.39 is 113 Å². The number of esters is 4. The second-order valence-electron chi connectivity index (χ2n) is 17.5. The SMILES string of the molecule is CC(=O)O[C@H]1C(=O)[C@@]2(C)[C@H]([C@H](OC(=O)c3ccccc3)[C@]3(O)C[C@H](OC(=O)[C@H](O)[C@@H](NC(=O)c4ccc(Cl)cc4)c4ccccc4)C(C)=C1C3(C)C)[C@]1(OC(C)=O)OC[C@@H]1C[C@@H]2O. The molecule has 15 nitrogen and oxygen atoms in total.